The molecule has 0 fully saturated rings. The van der Waals surface area contributed by atoms with Crippen LogP contribution in [0.2, 0.25) is 0 Å². The van der Waals surface area contributed by atoms with Gasteiger partial charge in [0, 0.05) is 0 Å². The molecular formula is C25H44NO2+. The summed E-state index contributed by atoms with van der Waals surface area (Å²) in [6.07, 6.45) is 16.4. The van der Waals surface area contributed by atoms with Crippen LogP contribution in [0, 0.1) is 0 Å². The van der Waals surface area contributed by atoms with Gasteiger partial charge in [0.1, 0.15) is 6.61 Å². The van der Waals surface area contributed by atoms with Crippen molar-refractivity contribution < 1.29 is 14.0 Å². The molecule has 0 radical (unpaired) electrons. The molecule has 0 amide bonds. The minimum atomic E-state index is -0.104. The summed E-state index contributed by atoms with van der Waals surface area (Å²) in [7, 11) is 4.25. The number of benzene rings is 1. The molecule has 0 bridgehead atoms. The minimum absolute atomic E-state index is 0.104. The summed E-state index contributed by atoms with van der Waals surface area (Å²) in [5, 5.41) is 0. The SMILES string of the molecule is CCCCCCCCCCCCCC[N+](C)(C)CC(=O)OCc1ccccc1. The van der Waals surface area contributed by atoms with Gasteiger partial charge in [-0.15, -0.1) is 0 Å². The number of unbranched alkanes of at least 4 members (excludes halogenated alkanes) is 11. The van der Waals surface area contributed by atoms with Crippen LogP contribution in [0.1, 0.15) is 89.5 Å². The van der Waals surface area contributed by atoms with Gasteiger partial charge in [0.15, 0.2) is 6.54 Å². The average molecular weight is 391 g/mol. The van der Waals surface area contributed by atoms with Gasteiger partial charge in [-0.3, -0.25) is 0 Å². The Morgan fingerprint density at radius 2 is 1.29 bits per heavy atom. The average Bonchev–Trinajstić information content (AvgIpc) is 2.67. The van der Waals surface area contributed by atoms with Gasteiger partial charge >= 0.3 is 5.97 Å². The summed E-state index contributed by atoms with van der Waals surface area (Å²) in [6, 6.07) is 9.88. The second-order valence-electron chi connectivity index (χ2n) is 8.85. The lowest BCUT2D eigenvalue weighted by atomic mass is 10.1. The van der Waals surface area contributed by atoms with Crippen molar-refractivity contribution >= 4 is 5.97 Å². The van der Waals surface area contributed by atoms with E-state index < -0.39 is 0 Å². The smallest absolute Gasteiger partial charge is 0.362 e. The van der Waals surface area contributed by atoms with Crippen molar-refractivity contribution in [1.29, 1.82) is 0 Å². The van der Waals surface area contributed by atoms with Crippen LogP contribution >= 0.6 is 0 Å². The zero-order chi connectivity index (χ0) is 20.5. The minimum Gasteiger partial charge on any atom is -0.457 e. The van der Waals surface area contributed by atoms with Crippen molar-refractivity contribution in [2.45, 2.75) is 90.6 Å². The van der Waals surface area contributed by atoms with Gasteiger partial charge in [-0.2, -0.15) is 0 Å². The van der Waals surface area contributed by atoms with Gasteiger partial charge in [-0.05, 0) is 18.4 Å². The van der Waals surface area contributed by atoms with E-state index in [9.17, 15) is 4.79 Å². The molecule has 28 heavy (non-hydrogen) atoms. The monoisotopic (exact) mass is 390 g/mol. The van der Waals surface area contributed by atoms with Crippen molar-refractivity contribution in [2.24, 2.45) is 0 Å². The topological polar surface area (TPSA) is 26.3 Å². The second-order valence-corrected chi connectivity index (χ2v) is 8.85. The first-order chi connectivity index (χ1) is 13.5. The Balaban J connectivity index is 1.97. The lowest BCUT2D eigenvalue weighted by Crippen LogP contribution is -2.45. The number of likely N-dealkylation sites (N-methyl/N-ethyl adjacent to an activating group) is 1. The number of hydrogen-bond donors (Lipinski definition) is 0. The second kappa shape index (κ2) is 15.6. The molecule has 0 heterocycles. The van der Waals surface area contributed by atoms with Gasteiger partial charge < -0.3 is 9.22 Å². The summed E-state index contributed by atoms with van der Waals surface area (Å²) in [5.74, 6) is -0.104. The van der Waals surface area contributed by atoms with Gasteiger partial charge in [-0.1, -0.05) is 101 Å². The molecule has 3 heteroatoms. The fourth-order valence-electron chi connectivity index (χ4n) is 3.59. The van der Waals surface area contributed by atoms with E-state index in [1.54, 1.807) is 0 Å². The standard InChI is InChI=1S/C25H44NO2/c1-4-5-6-7-8-9-10-11-12-13-14-18-21-26(2,3)22-25(27)28-23-24-19-16-15-17-20-24/h15-17,19-20H,4-14,18,21-23H2,1-3H3/q+1. The zero-order valence-electron chi connectivity index (χ0n) is 18.8. The van der Waals surface area contributed by atoms with Crippen LogP contribution in [0.15, 0.2) is 30.3 Å². The van der Waals surface area contributed by atoms with Crippen molar-refractivity contribution in [1.82, 2.24) is 0 Å². The number of ether oxygens (including phenoxy) is 1. The maximum Gasteiger partial charge on any atom is 0.362 e. The molecule has 1 aromatic rings. The molecule has 0 aliphatic rings. The highest BCUT2D eigenvalue weighted by atomic mass is 16.5. The van der Waals surface area contributed by atoms with Gasteiger partial charge in [0.2, 0.25) is 0 Å². The Bertz CT molecular complexity index is 499. The van der Waals surface area contributed by atoms with Crippen LogP contribution < -0.4 is 0 Å². The van der Waals surface area contributed by atoms with Gasteiger partial charge in [0.25, 0.3) is 0 Å². The molecular weight excluding hydrogens is 346 g/mol. The number of carbonyl (C=O) groups excluding carboxylic acids is 1. The molecule has 3 nitrogen and oxygen atoms in total. The van der Waals surface area contributed by atoms with Crippen molar-refractivity contribution in [2.75, 3.05) is 27.2 Å². The van der Waals surface area contributed by atoms with Crippen LogP contribution in [-0.2, 0) is 16.1 Å². The van der Waals surface area contributed by atoms with E-state index in [0.717, 1.165) is 12.1 Å². The summed E-state index contributed by atoms with van der Waals surface area (Å²) in [4.78, 5) is 12.1. The number of rotatable bonds is 17. The van der Waals surface area contributed by atoms with Crippen LogP contribution in [0.3, 0.4) is 0 Å². The predicted octanol–water partition coefficient (Wildman–Crippen LogP) is 6.51. The molecule has 0 unspecified atom stereocenters. The van der Waals surface area contributed by atoms with E-state index in [-0.39, 0.29) is 5.97 Å². The molecule has 0 saturated carbocycles. The number of esters is 1. The molecule has 1 rings (SSSR count). The van der Waals surface area contributed by atoms with E-state index in [4.69, 9.17) is 4.74 Å². The van der Waals surface area contributed by atoms with E-state index in [1.165, 1.54) is 77.0 Å². The molecule has 0 saturated heterocycles. The van der Waals surface area contributed by atoms with Crippen LogP contribution in [-0.4, -0.2) is 37.6 Å². The zero-order valence-corrected chi connectivity index (χ0v) is 18.8. The lowest BCUT2D eigenvalue weighted by molar-refractivity contribution is -0.883. The first kappa shape index (κ1) is 24.7. The van der Waals surface area contributed by atoms with Gasteiger partial charge in [0.05, 0.1) is 20.6 Å². The quantitative estimate of drug-likeness (QED) is 0.172. The van der Waals surface area contributed by atoms with Crippen molar-refractivity contribution in [3.8, 4) is 0 Å². The number of carbonyl (C=O) groups is 1. The number of nitrogens with zero attached hydrogens (tertiary/aromatic N) is 1. The summed E-state index contributed by atoms with van der Waals surface area (Å²) < 4.78 is 6.14. The third-order valence-corrected chi connectivity index (χ3v) is 5.42. The molecule has 0 aromatic heterocycles. The van der Waals surface area contributed by atoms with Crippen LogP contribution in [0.25, 0.3) is 0 Å². The Morgan fingerprint density at radius 3 is 1.82 bits per heavy atom. The normalized spacial score (nSPS) is 11.5. The molecule has 0 aliphatic carbocycles. The fraction of sp³-hybridized carbons (Fsp3) is 0.720. The summed E-state index contributed by atoms with van der Waals surface area (Å²) in [5.41, 5.74) is 1.04. The Labute approximate surface area is 174 Å². The number of quaternary nitrogens is 1. The number of hydrogen-bond acceptors (Lipinski definition) is 2. The van der Waals surface area contributed by atoms with Crippen LogP contribution in [0.5, 0.6) is 0 Å². The van der Waals surface area contributed by atoms with Gasteiger partial charge in [-0.25, -0.2) is 4.79 Å². The molecule has 160 valence electrons. The highest BCUT2D eigenvalue weighted by molar-refractivity contribution is 5.70. The summed E-state index contributed by atoms with van der Waals surface area (Å²) in [6.45, 7) is 4.14. The third kappa shape index (κ3) is 13.8. The first-order valence-corrected chi connectivity index (χ1v) is 11.5. The van der Waals surface area contributed by atoms with Crippen LogP contribution in [0.4, 0.5) is 0 Å². The van der Waals surface area contributed by atoms with E-state index in [0.29, 0.717) is 17.6 Å². The highest BCUT2D eigenvalue weighted by Gasteiger charge is 2.20. The van der Waals surface area contributed by atoms with E-state index >= 15 is 0 Å². The maximum atomic E-state index is 12.1. The predicted molar refractivity (Wildman–Crippen MR) is 119 cm³/mol. The maximum absolute atomic E-state index is 12.1. The van der Waals surface area contributed by atoms with E-state index in [2.05, 4.69) is 21.0 Å². The molecule has 0 aliphatic heterocycles. The Hall–Kier alpha value is -1.35. The molecule has 0 atom stereocenters. The highest BCUT2D eigenvalue weighted by Crippen LogP contribution is 2.13. The van der Waals surface area contributed by atoms with Crippen molar-refractivity contribution in [3.05, 3.63) is 35.9 Å². The summed E-state index contributed by atoms with van der Waals surface area (Å²) >= 11 is 0. The van der Waals surface area contributed by atoms with E-state index in [1.807, 2.05) is 30.3 Å². The Morgan fingerprint density at radius 1 is 0.786 bits per heavy atom. The largest absolute Gasteiger partial charge is 0.457 e. The molecule has 0 N–H and O–H groups in total. The van der Waals surface area contributed by atoms with Crippen molar-refractivity contribution in [3.63, 3.8) is 0 Å². The lowest BCUT2D eigenvalue weighted by Gasteiger charge is -2.28. The molecule has 1 aromatic carbocycles. The first-order valence-electron chi connectivity index (χ1n) is 11.5. The Kier molecular flexibility index (Phi) is 13.7. The third-order valence-electron chi connectivity index (χ3n) is 5.42. The molecule has 0 spiro atoms. The fourth-order valence-corrected chi connectivity index (χ4v) is 3.59.